The smallest absolute Gasteiger partial charge is 0.255 e. The Hall–Kier alpha value is -1.16. The van der Waals surface area contributed by atoms with Crippen LogP contribution in [-0.4, -0.2) is 16.5 Å². The number of hydrogen-bond donors (Lipinski definition) is 2. The van der Waals surface area contributed by atoms with Gasteiger partial charge < -0.3 is 10.3 Å². The van der Waals surface area contributed by atoms with Gasteiger partial charge in [-0.15, -0.1) is 0 Å². The number of nitrogens with one attached hydrogen (secondary N) is 2. The van der Waals surface area contributed by atoms with Crippen LogP contribution in [0.5, 0.6) is 0 Å². The predicted molar refractivity (Wildman–Crippen MR) is 70.0 cm³/mol. The van der Waals surface area contributed by atoms with Gasteiger partial charge in [-0.25, -0.2) is 4.98 Å². The second-order valence-electron chi connectivity index (χ2n) is 5.60. The van der Waals surface area contributed by atoms with E-state index in [4.69, 9.17) is 0 Å². The standard InChI is InChI=1S/C13H23N3O/c1-5-6-14-8-10-9-15-11(16-12(10)17)7-13(2,3)4/h9,14H,5-8H2,1-4H3,(H,15,16,17). The van der Waals surface area contributed by atoms with Crippen molar-refractivity contribution in [3.63, 3.8) is 0 Å². The molecule has 0 aliphatic heterocycles. The minimum absolute atomic E-state index is 0.0251. The maximum absolute atomic E-state index is 11.8. The number of nitrogens with zero attached hydrogens (tertiary/aromatic N) is 1. The monoisotopic (exact) mass is 237 g/mol. The Balaban J connectivity index is 2.69. The highest BCUT2D eigenvalue weighted by Crippen LogP contribution is 2.17. The molecule has 0 aromatic carbocycles. The van der Waals surface area contributed by atoms with Crippen LogP contribution >= 0.6 is 0 Å². The van der Waals surface area contributed by atoms with E-state index in [-0.39, 0.29) is 11.0 Å². The molecule has 0 unspecified atom stereocenters. The fourth-order valence-electron chi connectivity index (χ4n) is 1.58. The van der Waals surface area contributed by atoms with Crippen LogP contribution in [0, 0.1) is 5.41 Å². The first kappa shape index (κ1) is 13.9. The minimum atomic E-state index is -0.0251. The molecule has 2 N–H and O–H groups in total. The third kappa shape index (κ3) is 5.13. The number of aromatic nitrogens is 2. The third-order valence-corrected chi connectivity index (χ3v) is 2.37. The van der Waals surface area contributed by atoms with Gasteiger partial charge in [0.2, 0.25) is 0 Å². The molecule has 1 aromatic rings. The molecule has 1 rings (SSSR count). The summed E-state index contributed by atoms with van der Waals surface area (Å²) < 4.78 is 0. The van der Waals surface area contributed by atoms with Gasteiger partial charge >= 0.3 is 0 Å². The molecule has 0 atom stereocenters. The fourth-order valence-corrected chi connectivity index (χ4v) is 1.58. The molecule has 0 saturated heterocycles. The molecule has 4 nitrogen and oxygen atoms in total. The van der Waals surface area contributed by atoms with Crippen molar-refractivity contribution >= 4 is 0 Å². The molecule has 96 valence electrons. The number of hydrogen-bond acceptors (Lipinski definition) is 3. The zero-order valence-corrected chi connectivity index (χ0v) is 11.3. The molecule has 0 aliphatic rings. The first-order valence-corrected chi connectivity index (χ1v) is 6.20. The van der Waals surface area contributed by atoms with E-state index in [0.717, 1.165) is 25.2 Å². The largest absolute Gasteiger partial charge is 0.312 e. The molecule has 0 spiro atoms. The van der Waals surface area contributed by atoms with Gasteiger partial charge in [-0.3, -0.25) is 4.79 Å². The Morgan fingerprint density at radius 1 is 1.41 bits per heavy atom. The van der Waals surface area contributed by atoms with Gasteiger partial charge in [0.15, 0.2) is 0 Å². The van der Waals surface area contributed by atoms with Crippen LogP contribution in [0.4, 0.5) is 0 Å². The molecule has 4 heteroatoms. The van der Waals surface area contributed by atoms with Crippen LogP contribution in [0.3, 0.4) is 0 Å². The minimum Gasteiger partial charge on any atom is -0.312 e. The van der Waals surface area contributed by atoms with Crippen molar-refractivity contribution in [2.75, 3.05) is 6.54 Å². The zero-order chi connectivity index (χ0) is 12.9. The number of H-pyrrole nitrogens is 1. The van der Waals surface area contributed by atoms with Crippen LogP contribution in [0.2, 0.25) is 0 Å². The van der Waals surface area contributed by atoms with Crippen molar-refractivity contribution in [2.24, 2.45) is 5.41 Å². The van der Waals surface area contributed by atoms with Gasteiger partial charge in [0.25, 0.3) is 5.56 Å². The van der Waals surface area contributed by atoms with Crippen LogP contribution in [-0.2, 0) is 13.0 Å². The molecule has 0 bridgehead atoms. The summed E-state index contributed by atoms with van der Waals surface area (Å²) in [4.78, 5) is 18.9. The summed E-state index contributed by atoms with van der Waals surface area (Å²) in [7, 11) is 0. The van der Waals surface area contributed by atoms with Crippen LogP contribution < -0.4 is 10.9 Å². The Bertz CT molecular complexity index is 404. The lowest BCUT2D eigenvalue weighted by Crippen LogP contribution is -2.24. The van der Waals surface area contributed by atoms with Crippen LogP contribution in [0.25, 0.3) is 0 Å². The first-order valence-electron chi connectivity index (χ1n) is 6.20. The molecular formula is C13H23N3O. The van der Waals surface area contributed by atoms with E-state index in [1.54, 1.807) is 6.20 Å². The summed E-state index contributed by atoms with van der Waals surface area (Å²) in [5, 5.41) is 3.20. The second kappa shape index (κ2) is 5.96. The number of rotatable bonds is 5. The van der Waals surface area contributed by atoms with Crippen LogP contribution in [0.15, 0.2) is 11.0 Å². The van der Waals surface area contributed by atoms with E-state index in [0.29, 0.717) is 12.1 Å². The molecule has 0 amide bonds. The molecular weight excluding hydrogens is 214 g/mol. The summed E-state index contributed by atoms with van der Waals surface area (Å²) in [5.41, 5.74) is 0.816. The van der Waals surface area contributed by atoms with E-state index in [1.807, 2.05) is 0 Å². The lowest BCUT2D eigenvalue weighted by molar-refractivity contribution is 0.399. The molecule has 0 aliphatic carbocycles. The lowest BCUT2D eigenvalue weighted by atomic mass is 9.92. The van der Waals surface area contributed by atoms with Crippen molar-refractivity contribution in [2.45, 2.75) is 47.1 Å². The lowest BCUT2D eigenvalue weighted by Gasteiger charge is -2.16. The molecule has 1 aromatic heterocycles. The Morgan fingerprint density at radius 3 is 2.65 bits per heavy atom. The summed E-state index contributed by atoms with van der Waals surface area (Å²) in [5.74, 6) is 0.766. The van der Waals surface area contributed by atoms with E-state index >= 15 is 0 Å². The van der Waals surface area contributed by atoms with Gasteiger partial charge in [-0.1, -0.05) is 27.7 Å². The van der Waals surface area contributed by atoms with E-state index in [2.05, 4.69) is 43.0 Å². The van der Waals surface area contributed by atoms with Gasteiger partial charge in [-0.05, 0) is 18.4 Å². The van der Waals surface area contributed by atoms with Gasteiger partial charge in [0, 0.05) is 24.7 Å². The first-order chi connectivity index (χ1) is 7.92. The van der Waals surface area contributed by atoms with Crippen molar-refractivity contribution in [3.05, 3.63) is 27.9 Å². The van der Waals surface area contributed by atoms with E-state index in [9.17, 15) is 4.79 Å². The quantitative estimate of drug-likeness (QED) is 0.768. The number of aromatic amines is 1. The SMILES string of the molecule is CCCNCc1cnc(CC(C)(C)C)[nH]c1=O. The Kier molecular flexibility index (Phi) is 4.87. The molecule has 17 heavy (non-hydrogen) atoms. The highest BCUT2D eigenvalue weighted by Gasteiger charge is 2.13. The normalized spacial score (nSPS) is 11.8. The molecule has 1 heterocycles. The van der Waals surface area contributed by atoms with Crippen molar-refractivity contribution in [3.8, 4) is 0 Å². The third-order valence-electron chi connectivity index (χ3n) is 2.37. The van der Waals surface area contributed by atoms with Gasteiger partial charge in [0.1, 0.15) is 5.82 Å². The maximum atomic E-state index is 11.8. The van der Waals surface area contributed by atoms with E-state index < -0.39 is 0 Å². The summed E-state index contributed by atoms with van der Waals surface area (Å²) in [6, 6.07) is 0. The van der Waals surface area contributed by atoms with Crippen molar-refractivity contribution in [1.29, 1.82) is 0 Å². The highest BCUT2D eigenvalue weighted by molar-refractivity contribution is 5.06. The summed E-state index contributed by atoms with van der Waals surface area (Å²) >= 11 is 0. The average molecular weight is 237 g/mol. The summed E-state index contributed by atoms with van der Waals surface area (Å²) in [6.45, 7) is 9.99. The summed E-state index contributed by atoms with van der Waals surface area (Å²) in [6.07, 6.45) is 3.53. The zero-order valence-electron chi connectivity index (χ0n) is 11.3. The Morgan fingerprint density at radius 2 is 2.12 bits per heavy atom. The maximum Gasteiger partial charge on any atom is 0.255 e. The van der Waals surface area contributed by atoms with Gasteiger partial charge in [-0.2, -0.15) is 0 Å². The Labute approximate surface area is 103 Å². The van der Waals surface area contributed by atoms with Crippen molar-refractivity contribution in [1.82, 2.24) is 15.3 Å². The topological polar surface area (TPSA) is 57.8 Å². The predicted octanol–water partition coefficient (Wildman–Crippen LogP) is 1.86. The molecule has 0 radical (unpaired) electrons. The highest BCUT2D eigenvalue weighted by atomic mass is 16.1. The van der Waals surface area contributed by atoms with Gasteiger partial charge in [0.05, 0.1) is 0 Å². The average Bonchev–Trinajstić information content (AvgIpc) is 2.19. The fraction of sp³-hybridized carbons (Fsp3) is 0.692. The molecule has 0 fully saturated rings. The second-order valence-corrected chi connectivity index (χ2v) is 5.60. The molecule has 0 saturated carbocycles. The van der Waals surface area contributed by atoms with Crippen LogP contribution in [0.1, 0.15) is 45.5 Å². The van der Waals surface area contributed by atoms with Crippen molar-refractivity contribution < 1.29 is 0 Å². The van der Waals surface area contributed by atoms with E-state index in [1.165, 1.54) is 0 Å².